The van der Waals surface area contributed by atoms with Gasteiger partial charge in [0.05, 0.1) is 10.0 Å². The second-order valence-corrected chi connectivity index (χ2v) is 8.24. The van der Waals surface area contributed by atoms with E-state index >= 15 is 0 Å². The fraction of sp³-hybridized carbons (Fsp3) is 0.462. The molecule has 0 unspecified atom stereocenters. The molecule has 1 aromatic carbocycles. The van der Waals surface area contributed by atoms with E-state index in [1.54, 1.807) is 12.1 Å². The largest absolute Gasteiger partial charge is 0.325 e. The molecule has 8 heteroatoms. The molecule has 0 bridgehead atoms. The summed E-state index contributed by atoms with van der Waals surface area (Å²) in [7, 11) is -3.54. The van der Waals surface area contributed by atoms with Crippen LogP contribution in [0.15, 0.2) is 18.2 Å². The molecule has 2 N–H and O–H groups in total. The average Bonchev–Trinajstić information content (AvgIpc) is 2.42. The van der Waals surface area contributed by atoms with Crippen molar-refractivity contribution >= 4 is 44.6 Å². The summed E-state index contributed by atoms with van der Waals surface area (Å²) in [6.07, 6.45) is 1.60. The number of amides is 1. The number of halogens is 2. The summed E-state index contributed by atoms with van der Waals surface area (Å²) in [5.74, 6) is -0.523. The summed E-state index contributed by atoms with van der Waals surface area (Å²) in [4.78, 5) is 12.5. The van der Waals surface area contributed by atoms with Crippen LogP contribution in [0.2, 0.25) is 10.0 Å². The lowest BCUT2D eigenvalue weighted by molar-refractivity contribution is -0.119. The van der Waals surface area contributed by atoms with E-state index in [4.69, 9.17) is 23.2 Å². The Morgan fingerprint density at radius 3 is 2.38 bits per heavy atom. The highest BCUT2D eigenvalue weighted by atomic mass is 35.5. The third-order valence-electron chi connectivity index (χ3n) is 3.71. The van der Waals surface area contributed by atoms with Crippen LogP contribution < -0.4 is 10.6 Å². The number of sulfone groups is 1. The van der Waals surface area contributed by atoms with Crippen molar-refractivity contribution in [1.29, 1.82) is 0 Å². The molecule has 1 aromatic rings. The summed E-state index contributed by atoms with van der Waals surface area (Å²) in [5.41, 5.74) is 0.427. The van der Waals surface area contributed by atoms with Gasteiger partial charge in [0.15, 0.2) is 14.6 Å². The first kappa shape index (κ1) is 16.5. The monoisotopic (exact) mass is 350 g/mol. The zero-order valence-electron chi connectivity index (χ0n) is 11.4. The molecule has 1 heterocycles. The van der Waals surface area contributed by atoms with E-state index in [0.717, 1.165) is 6.26 Å². The van der Waals surface area contributed by atoms with Crippen LogP contribution in [0.5, 0.6) is 0 Å². The Morgan fingerprint density at radius 1 is 1.24 bits per heavy atom. The molecule has 1 amide bonds. The highest BCUT2D eigenvalue weighted by Crippen LogP contribution is 2.31. The van der Waals surface area contributed by atoms with Gasteiger partial charge in [-0.2, -0.15) is 0 Å². The number of anilines is 1. The van der Waals surface area contributed by atoms with E-state index in [1.165, 1.54) is 6.07 Å². The van der Waals surface area contributed by atoms with Crippen LogP contribution in [0.1, 0.15) is 12.8 Å². The quantitative estimate of drug-likeness (QED) is 0.875. The van der Waals surface area contributed by atoms with Crippen molar-refractivity contribution in [3.8, 4) is 0 Å². The predicted octanol–water partition coefficient (Wildman–Crippen LogP) is 2.10. The van der Waals surface area contributed by atoms with Gasteiger partial charge in [-0.25, -0.2) is 8.42 Å². The number of hydrogen-bond donors (Lipinski definition) is 2. The lowest BCUT2D eigenvalue weighted by atomic mass is 9.95. The Labute approximate surface area is 133 Å². The highest BCUT2D eigenvalue weighted by Gasteiger charge is 2.48. The fourth-order valence-corrected chi connectivity index (χ4v) is 4.05. The van der Waals surface area contributed by atoms with Crippen LogP contribution in [-0.2, 0) is 14.6 Å². The fourth-order valence-electron chi connectivity index (χ4n) is 2.42. The highest BCUT2D eigenvalue weighted by molar-refractivity contribution is 7.92. The summed E-state index contributed by atoms with van der Waals surface area (Å²) in [6, 6.07) is 4.64. The molecule has 1 fully saturated rings. The van der Waals surface area contributed by atoms with Gasteiger partial charge in [0, 0.05) is 11.9 Å². The molecule has 0 spiro atoms. The Kier molecular flexibility index (Phi) is 4.82. The SMILES string of the molecule is CS(=O)(=O)C1(C(=O)Nc2ccc(Cl)c(Cl)c2)CCNCC1. The van der Waals surface area contributed by atoms with Crippen molar-refractivity contribution in [2.75, 3.05) is 24.7 Å². The lowest BCUT2D eigenvalue weighted by Crippen LogP contribution is -2.55. The Morgan fingerprint density at radius 2 is 1.86 bits per heavy atom. The maximum absolute atomic E-state index is 12.5. The molecule has 1 saturated heterocycles. The first-order valence-electron chi connectivity index (χ1n) is 6.43. The Hall–Kier alpha value is -0.820. The van der Waals surface area contributed by atoms with Crippen molar-refractivity contribution in [3.05, 3.63) is 28.2 Å². The number of rotatable bonds is 3. The number of benzene rings is 1. The summed E-state index contributed by atoms with van der Waals surface area (Å²) in [6.45, 7) is 0.976. The second kappa shape index (κ2) is 6.12. The summed E-state index contributed by atoms with van der Waals surface area (Å²) in [5, 5.41) is 6.37. The van der Waals surface area contributed by atoms with Gasteiger partial charge in [0.2, 0.25) is 5.91 Å². The van der Waals surface area contributed by atoms with Gasteiger partial charge in [-0.3, -0.25) is 4.79 Å². The molecule has 1 aliphatic rings. The van der Waals surface area contributed by atoms with Crippen LogP contribution in [0.3, 0.4) is 0 Å². The minimum atomic E-state index is -3.54. The first-order valence-corrected chi connectivity index (χ1v) is 9.08. The van der Waals surface area contributed by atoms with Gasteiger partial charge in [-0.05, 0) is 44.1 Å². The first-order chi connectivity index (χ1) is 9.76. The number of hydrogen-bond acceptors (Lipinski definition) is 4. The van der Waals surface area contributed by atoms with E-state index in [1.807, 2.05) is 0 Å². The summed E-state index contributed by atoms with van der Waals surface area (Å²) >= 11 is 11.7. The Bertz CT molecular complexity index is 655. The smallest absolute Gasteiger partial charge is 0.245 e. The van der Waals surface area contributed by atoms with E-state index in [-0.39, 0.29) is 12.8 Å². The normalized spacial score (nSPS) is 18.2. The number of carbonyl (C=O) groups is 1. The van der Waals surface area contributed by atoms with Gasteiger partial charge >= 0.3 is 0 Å². The maximum atomic E-state index is 12.5. The van der Waals surface area contributed by atoms with E-state index in [9.17, 15) is 13.2 Å². The minimum absolute atomic E-state index is 0.249. The molecular formula is C13H16Cl2N2O3S. The number of carbonyl (C=O) groups excluding carboxylic acids is 1. The lowest BCUT2D eigenvalue weighted by Gasteiger charge is -2.34. The second-order valence-electron chi connectivity index (χ2n) is 5.10. The maximum Gasteiger partial charge on any atom is 0.245 e. The van der Waals surface area contributed by atoms with E-state index in [2.05, 4.69) is 10.6 Å². The van der Waals surface area contributed by atoms with Gasteiger partial charge < -0.3 is 10.6 Å². The van der Waals surface area contributed by atoms with Gasteiger partial charge in [0.25, 0.3) is 0 Å². The third-order valence-corrected chi connectivity index (χ3v) is 6.46. The number of piperidine rings is 1. The van der Waals surface area contributed by atoms with Crippen LogP contribution in [0.25, 0.3) is 0 Å². The molecule has 0 saturated carbocycles. The molecule has 0 aliphatic carbocycles. The summed E-state index contributed by atoms with van der Waals surface area (Å²) < 4.78 is 22.9. The van der Waals surface area contributed by atoms with Crippen LogP contribution in [0.4, 0.5) is 5.69 Å². The minimum Gasteiger partial charge on any atom is -0.325 e. The van der Waals surface area contributed by atoms with E-state index < -0.39 is 20.5 Å². The molecule has 0 radical (unpaired) electrons. The average molecular weight is 351 g/mol. The number of nitrogens with one attached hydrogen (secondary N) is 2. The zero-order valence-corrected chi connectivity index (χ0v) is 13.8. The van der Waals surface area contributed by atoms with Gasteiger partial charge in [0.1, 0.15) is 0 Å². The Balaban J connectivity index is 2.29. The molecule has 1 aliphatic heterocycles. The standard InChI is InChI=1S/C13H16Cl2N2O3S/c1-21(19,20)13(4-6-16-7-5-13)12(18)17-9-2-3-10(14)11(15)8-9/h2-3,8,16H,4-7H2,1H3,(H,17,18). The molecule has 5 nitrogen and oxygen atoms in total. The predicted molar refractivity (Wildman–Crippen MR) is 84.8 cm³/mol. The van der Waals surface area contributed by atoms with Crippen molar-refractivity contribution < 1.29 is 13.2 Å². The molecular weight excluding hydrogens is 335 g/mol. The van der Waals surface area contributed by atoms with Crippen LogP contribution >= 0.6 is 23.2 Å². The van der Waals surface area contributed by atoms with Crippen molar-refractivity contribution in [3.63, 3.8) is 0 Å². The van der Waals surface area contributed by atoms with Crippen molar-refractivity contribution in [2.24, 2.45) is 0 Å². The third kappa shape index (κ3) is 3.34. The zero-order chi connectivity index (χ0) is 15.7. The van der Waals surface area contributed by atoms with Crippen LogP contribution in [0, 0.1) is 0 Å². The van der Waals surface area contributed by atoms with Crippen LogP contribution in [-0.4, -0.2) is 38.4 Å². The molecule has 116 valence electrons. The molecule has 21 heavy (non-hydrogen) atoms. The molecule has 2 rings (SSSR count). The van der Waals surface area contributed by atoms with Crippen molar-refractivity contribution in [2.45, 2.75) is 17.6 Å². The molecule has 0 atom stereocenters. The van der Waals surface area contributed by atoms with Crippen molar-refractivity contribution in [1.82, 2.24) is 5.32 Å². The molecule has 0 aromatic heterocycles. The van der Waals surface area contributed by atoms with Gasteiger partial charge in [-0.15, -0.1) is 0 Å². The topological polar surface area (TPSA) is 75.3 Å². The van der Waals surface area contributed by atoms with Gasteiger partial charge in [-0.1, -0.05) is 23.2 Å². The van der Waals surface area contributed by atoms with E-state index in [0.29, 0.717) is 28.8 Å².